The molecule has 0 amide bonds. The van der Waals surface area contributed by atoms with E-state index < -0.39 is 0 Å². The van der Waals surface area contributed by atoms with Gasteiger partial charge >= 0.3 is 5.97 Å². The van der Waals surface area contributed by atoms with Gasteiger partial charge in [-0.05, 0) is 74.9 Å². The maximum atomic E-state index is 11.6. The third kappa shape index (κ3) is 2.68. The summed E-state index contributed by atoms with van der Waals surface area (Å²) in [7, 11) is 0. The minimum absolute atomic E-state index is 0.138. The van der Waals surface area contributed by atoms with Crippen LogP contribution in [0.3, 0.4) is 0 Å². The van der Waals surface area contributed by atoms with E-state index in [1.165, 1.54) is 27.8 Å². The van der Waals surface area contributed by atoms with Crippen molar-refractivity contribution in [2.24, 2.45) is 0 Å². The Morgan fingerprint density at radius 3 is 1.71 bits per heavy atom. The molecule has 0 atom stereocenters. The number of esters is 1. The summed E-state index contributed by atoms with van der Waals surface area (Å²) in [6.07, 6.45) is 0.382. The summed E-state index contributed by atoms with van der Waals surface area (Å²) >= 11 is 0. The van der Waals surface area contributed by atoms with Crippen LogP contribution in [0.2, 0.25) is 0 Å². The molecule has 0 aliphatic carbocycles. The van der Waals surface area contributed by atoms with Crippen LogP contribution < -0.4 is 0 Å². The van der Waals surface area contributed by atoms with Crippen LogP contribution in [0.25, 0.3) is 0 Å². The van der Waals surface area contributed by atoms with Crippen LogP contribution in [0, 0.1) is 34.6 Å². The Hall–Kier alpha value is -1.31. The highest BCUT2D eigenvalue weighted by molar-refractivity contribution is 5.74. The average Bonchev–Trinajstić information content (AvgIpc) is 2.30. The molecule has 0 spiro atoms. The van der Waals surface area contributed by atoms with Crippen molar-refractivity contribution in [2.75, 3.05) is 6.61 Å². The van der Waals surface area contributed by atoms with Crippen LogP contribution in [0.15, 0.2) is 0 Å². The van der Waals surface area contributed by atoms with E-state index in [-0.39, 0.29) is 5.97 Å². The lowest BCUT2D eigenvalue weighted by molar-refractivity contribution is -0.142. The van der Waals surface area contributed by atoms with Gasteiger partial charge in [0, 0.05) is 0 Å². The molecule has 1 aromatic rings. The third-order valence-corrected chi connectivity index (χ3v) is 3.78. The fraction of sp³-hybridized carbons (Fsp3) is 0.533. The summed E-state index contributed by atoms with van der Waals surface area (Å²) in [4.78, 5) is 11.6. The van der Waals surface area contributed by atoms with E-state index in [0.717, 1.165) is 5.56 Å². The van der Waals surface area contributed by atoms with E-state index in [1.807, 2.05) is 6.92 Å². The summed E-state index contributed by atoms with van der Waals surface area (Å²) < 4.78 is 5.03. The lowest BCUT2D eigenvalue weighted by Crippen LogP contribution is -2.12. The average molecular weight is 234 g/mol. The molecule has 0 fully saturated rings. The van der Waals surface area contributed by atoms with E-state index >= 15 is 0 Å². The molecule has 0 radical (unpaired) electrons. The zero-order valence-electron chi connectivity index (χ0n) is 11.7. The molecule has 0 saturated carbocycles. The molecule has 0 saturated heterocycles. The minimum Gasteiger partial charge on any atom is -0.466 e. The molecule has 94 valence electrons. The Labute approximate surface area is 104 Å². The Balaban J connectivity index is 3.20. The fourth-order valence-corrected chi connectivity index (χ4v) is 2.20. The highest BCUT2D eigenvalue weighted by Crippen LogP contribution is 2.26. The zero-order chi connectivity index (χ0) is 13.2. The van der Waals surface area contributed by atoms with E-state index in [1.54, 1.807) is 0 Å². The second-order valence-electron chi connectivity index (χ2n) is 4.59. The van der Waals surface area contributed by atoms with Gasteiger partial charge in [-0.3, -0.25) is 4.79 Å². The van der Waals surface area contributed by atoms with Gasteiger partial charge in [0.25, 0.3) is 0 Å². The van der Waals surface area contributed by atoms with Crippen LogP contribution in [-0.2, 0) is 16.0 Å². The van der Waals surface area contributed by atoms with Gasteiger partial charge < -0.3 is 4.74 Å². The van der Waals surface area contributed by atoms with Crippen molar-refractivity contribution >= 4 is 5.97 Å². The van der Waals surface area contributed by atoms with Crippen LogP contribution in [-0.4, -0.2) is 12.6 Å². The molecule has 0 N–H and O–H groups in total. The highest BCUT2D eigenvalue weighted by Gasteiger charge is 2.15. The van der Waals surface area contributed by atoms with Crippen molar-refractivity contribution in [2.45, 2.75) is 48.0 Å². The predicted octanol–water partition coefficient (Wildman–Crippen LogP) is 3.33. The lowest BCUT2D eigenvalue weighted by atomic mass is 9.88. The molecule has 2 nitrogen and oxygen atoms in total. The van der Waals surface area contributed by atoms with Crippen molar-refractivity contribution < 1.29 is 9.53 Å². The van der Waals surface area contributed by atoms with Crippen molar-refractivity contribution in [3.8, 4) is 0 Å². The largest absolute Gasteiger partial charge is 0.466 e. The number of carbonyl (C=O) groups excluding carboxylic acids is 1. The number of ether oxygens (including phenoxy) is 1. The minimum atomic E-state index is -0.138. The Morgan fingerprint density at radius 1 is 0.882 bits per heavy atom. The fourth-order valence-electron chi connectivity index (χ4n) is 2.20. The Morgan fingerprint density at radius 2 is 1.29 bits per heavy atom. The second kappa shape index (κ2) is 5.35. The van der Waals surface area contributed by atoms with Crippen molar-refractivity contribution in [1.82, 2.24) is 0 Å². The first-order valence-electron chi connectivity index (χ1n) is 6.11. The topological polar surface area (TPSA) is 26.3 Å². The Kier molecular flexibility index (Phi) is 4.33. The van der Waals surface area contributed by atoms with E-state index in [4.69, 9.17) is 4.74 Å². The maximum Gasteiger partial charge on any atom is 0.310 e. The van der Waals surface area contributed by atoms with E-state index in [0.29, 0.717) is 13.0 Å². The monoisotopic (exact) mass is 234 g/mol. The van der Waals surface area contributed by atoms with Crippen molar-refractivity contribution in [1.29, 1.82) is 0 Å². The number of hydrogen-bond donors (Lipinski definition) is 0. The molecule has 0 bridgehead atoms. The number of rotatable bonds is 3. The van der Waals surface area contributed by atoms with Crippen molar-refractivity contribution in [3.63, 3.8) is 0 Å². The van der Waals surface area contributed by atoms with Crippen LogP contribution in [0.1, 0.15) is 40.3 Å². The van der Waals surface area contributed by atoms with Gasteiger partial charge in [0.1, 0.15) is 0 Å². The molecule has 1 rings (SSSR count). The SMILES string of the molecule is CCOC(=O)Cc1c(C)c(C)c(C)c(C)c1C. The Bertz CT molecular complexity index is 416. The first kappa shape index (κ1) is 13.8. The number of benzene rings is 1. The van der Waals surface area contributed by atoms with Crippen molar-refractivity contribution in [3.05, 3.63) is 33.4 Å². The normalized spacial score (nSPS) is 10.5. The zero-order valence-corrected chi connectivity index (χ0v) is 11.7. The molecule has 2 heteroatoms. The standard InChI is InChI=1S/C15H22O2/c1-7-17-15(16)8-14-12(5)10(3)9(2)11(4)13(14)6/h7-8H2,1-6H3. The van der Waals surface area contributed by atoms with Gasteiger partial charge in [-0.25, -0.2) is 0 Å². The summed E-state index contributed by atoms with van der Waals surface area (Å²) in [5.74, 6) is -0.138. The van der Waals surface area contributed by atoms with Gasteiger partial charge in [-0.15, -0.1) is 0 Å². The first-order chi connectivity index (χ1) is 7.90. The summed E-state index contributed by atoms with van der Waals surface area (Å²) in [6, 6.07) is 0. The molecule has 17 heavy (non-hydrogen) atoms. The van der Waals surface area contributed by atoms with Gasteiger partial charge in [0.15, 0.2) is 0 Å². The van der Waals surface area contributed by atoms with E-state index in [2.05, 4.69) is 34.6 Å². The smallest absolute Gasteiger partial charge is 0.310 e. The van der Waals surface area contributed by atoms with Crippen LogP contribution >= 0.6 is 0 Å². The molecule has 0 heterocycles. The van der Waals surface area contributed by atoms with E-state index in [9.17, 15) is 4.79 Å². The molecule has 0 aromatic heterocycles. The van der Waals surface area contributed by atoms with Gasteiger partial charge in [0.2, 0.25) is 0 Å². The molecule has 1 aromatic carbocycles. The highest BCUT2D eigenvalue weighted by atomic mass is 16.5. The molecule has 0 aliphatic rings. The molecule has 0 unspecified atom stereocenters. The molecular weight excluding hydrogens is 212 g/mol. The second-order valence-corrected chi connectivity index (χ2v) is 4.59. The number of hydrogen-bond acceptors (Lipinski definition) is 2. The summed E-state index contributed by atoms with van der Waals surface area (Å²) in [5, 5.41) is 0. The summed E-state index contributed by atoms with van der Waals surface area (Å²) in [5.41, 5.74) is 7.47. The number of carbonyl (C=O) groups is 1. The predicted molar refractivity (Wildman–Crippen MR) is 70.5 cm³/mol. The molecule has 0 aliphatic heterocycles. The lowest BCUT2D eigenvalue weighted by Gasteiger charge is -2.18. The van der Waals surface area contributed by atoms with Crippen LogP contribution in [0.5, 0.6) is 0 Å². The summed E-state index contributed by atoms with van der Waals surface area (Å²) in [6.45, 7) is 12.8. The third-order valence-electron chi connectivity index (χ3n) is 3.78. The van der Waals surface area contributed by atoms with Crippen LogP contribution in [0.4, 0.5) is 0 Å². The molecular formula is C15H22O2. The maximum absolute atomic E-state index is 11.6. The van der Waals surface area contributed by atoms with Gasteiger partial charge in [0.05, 0.1) is 13.0 Å². The van der Waals surface area contributed by atoms with Gasteiger partial charge in [-0.1, -0.05) is 0 Å². The quantitative estimate of drug-likeness (QED) is 0.750. The first-order valence-corrected chi connectivity index (χ1v) is 6.11. The van der Waals surface area contributed by atoms with Gasteiger partial charge in [-0.2, -0.15) is 0 Å².